The smallest absolute Gasteiger partial charge is 0.0641 e. The van der Waals surface area contributed by atoms with Crippen molar-refractivity contribution in [3.8, 4) is 0 Å². The molecule has 0 N–H and O–H groups in total. The van der Waals surface area contributed by atoms with Gasteiger partial charge < -0.3 is 0 Å². The van der Waals surface area contributed by atoms with E-state index in [4.69, 9.17) is 11.6 Å². The molecule has 0 aliphatic heterocycles. The summed E-state index contributed by atoms with van der Waals surface area (Å²) in [4.78, 5) is 0. The van der Waals surface area contributed by atoms with Crippen molar-refractivity contribution < 1.29 is 0 Å². The molecule has 1 aliphatic carbocycles. The second kappa shape index (κ2) is 5.65. The number of halogens is 1. The van der Waals surface area contributed by atoms with E-state index < -0.39 is 0 Å². The van der Waals surface area contributed by atoms with Gasteiger partial charge in [0, 0.05) is 0 Å². The monoisotopic (exact) mass is 264 g/mol. The van der Waals surface area contributed by atoms with Crippen LogP contribution in [-0.4, -0.2) is 0 Å². The molecule has 0 heterocycles. The largest absolute Gasteiger partial charge is 0.117 e. The van der Waals surface area contributed by atoms with Crippen LogP contribution in [0.3, 0.4) is 0 Å². The molecule has 2 rings (SSSR count). The molecule has 1 fully saturated rings. The SMILES string of the molecule is CCc1ccc(CC)c(C(Cl)C2(C)CCCC2)c1. The van der Waals surface area contributed by atoms with Gasteiger partial charge in [0.05, 0.1) is 5.38 Å². The third-order valence-electron chi connectivity index (χ3n) is 4.63. The summed E-state index contributed by atoms with van der Waals surface area (Å²) in [5.74, 6) is 0. The van der Waals surface area contributed by atoms with Gasteiger partial charge in [-0.25, -0.2) is 0 Å². The van der Waals surface area contributed by atoms with Gasteiger partial charge in [0.25, 0.3) is 0 Å². The van der Waals surface area contributed by atoms with Crippen LogP contribution in [0.1, 0.15) is 68.5 Å². The lowest BCUT2D eigenvalue weighted by molar-refractivity contribution is 0.321. The van der Waals surface area contributed by atoms with Crippen LogP contribution in [0.2, 0.25) is 0 Å². The van der Waals surface area contributed by atoms with E-state index in [1.54, 1.807) is 0 Å². The molecule has 0 spiro atoms. The summed E-state index contributed by atoms with van der Waals surface area (Å²) in [5.41, 5.74) is 4.54. The quantitative estimate of drug-likeness (QED) is 0.615. The first-order valence-corrected chi connectivity index (χ1v) is 7.80. The highest BCUT2D eigenvalue weighted by atomic mass is 35.5. The van der Waals surface area contributed by atoms with Crippen molar-refractivity contribution >= 4 is 11.6 Å². The Labute approximate surface area is 117 Å². The minimum Gasteiger partial charge on any atom is -0.117 e. The highest BCUT2D eigenvalue weighted by Crippen LogP contribution is 2.51. The predicted octanol–water partition coefficient (Wildman–Crippen LogP) is 5.67. The Bertz CT molecular complexity index is 402. The molecule has 0 amide bonds. The summed E-state index contributed by atoms with van der Waals surface area (Å²) in [6.07, 6.45) is 7.42. The molecule has 1 atom stereocenters. The van der Waals surface area contributed by atoms with Crippen molar-refractivity contribution in [2.24, 2.45) is 5.41 Å². The highest BCUT2D eigenvalue weighted by Gasteiger charge is 2.37. The van der Waals surface area contributed by atoms with E-state index in [9.17, 15) is 0 Å². The molecule has 0 bridgehead atoms. The molecular formula is C17H25Cl. The fourth-order valence-corrected chi connectivity index (χ4v) is 3.66. The predicted molar refractivity (Wildman–Crippen MR) is 80.4 cm³/mol. The second-order valence-corrected chi connectivity index (χ2v) is 6.40. The first kappa shape index (κ1) is 13.9. The Morgan fingerprint density at radius 3 is 2.39 bits per heavy atom. The van der Waals surface area contributed by atoms with Crippen molar-refractivity contribution in [2.75, 3.05) is 0 Å². The Morgan fingerprint density at radius 2 is 1.83 bits per heavy atom. The van der Waals surface area contributed by atoms with Crippen molar-refractivity contribution in [1.29, 1.82) is 0 Å². The lowest BCUT2D eigenvalue weighted by Gasteiger charge is -2.31. The van der Waals surface area contributed by atoms with Crippen molar-refractivity contribution in [1.82, 2.24) is 0 Å². The zero-order valence-corrected chi connectivity index (χ0v) is 12.7. The van der Waals surface area contributed by atoms with Crippen LogP contribution >= 0.6 is 11.6 Å². The van der Waals surface area contributed by atoms with E-state index in [0.29, 0.717) is 5.41 Å². The second-order valence-electron chi connectivity index (χ2n) is 5.96. The average Bonchev–Trinajstić information content (AvgIpc) is 2.85. The molecule has 0 aromatic heterocycles. The molecule has 1 saturated carbocycles. The fourth-order valence-electron chi connectivity index (χ4n) is 3.23. The van der Waals surface area contributed by atoms with Gasteiger partial charge in [-0.1, -0.05) is 51.8 Å². The lowest BCUT2D eigenvalue weighted by atomic mass is 9.79. The van der Waals surface area contributed by atoms with Gasteiger partial charge in [0.2, 0.25) is 0 Å². The summed E-state index contributed by atoms with van der Waals surface area (Å²) in [5, 5.41) is 0.182. The molecule has 1 aromatic carbocycles. The van der Waals surface area contributed by atoms with E-state index >= 15 is 0 Å². The maximum absolute atomic E-state index is 6.87. The Balaban J connectivity index is 2.35. The third kappa shape index (κ3) is 2.59. The van der Waals surface area contributed by atoms with E-state index in [2.05, 4.69) is 39.0 Å². The van der Waals surface area contributed by atoms with Crippen molar-refractivity contribution in [3.05, 3.63) is 34.9 Å². The summed E-state index contributed by atoms with van der Waals surface area (Å²) >= 11 is 6.87. The van der Waals surface area contributed by atoms with E-state index in [1.165, 1.54) is 42.4 Å². The summed E-state index contributed by atoms with van der Waals surface area (Å²) in [6, 6.07) is 6.88. The molecule has 18 heavy (non-hydrogen) atoms. The van der Waals surface area contributed by atoms with Crippen LogP contribution < -0.4 is 0 Å². The van der Waals surface area contributed by atoms with Crippen LogP contribution in [-0.2, 0) is 12.8 Å². The van der Waals surface area contributed by atoms with Gasteiger partial charge in [0.1, 0.15) is 0 Å². The Hall–Kier alpha value is -0.490. The van der Waals surface area contributed by atoms with Gasteiger partial charge in [-0.2, -0.15) is 0 Å². The van der Waals surface area contributed by atoms with E-state index in [-0.39, 0.29) is 5.38 Å². The molecule has 1 unspecified atom stereocenters. The molecule has 0 saturated heterocycles. The normalized spacial score (nSPS) is 20.0. The maximum Gasteiger partial charge on any atom is 0.0641 e. The Morgan fingerprint density at radius 1 is 1.17 bits per heavy atom. The van der Waals surface area contributed by atoms with Crippen molar-refractivity contribution in [2.45, 2.75) is 64.7 Å². The first-order chi connectivity index (χ1) is 8.60. The van der Waals surface area contributed by atoms with Gasteiger partial charge in [-0.15, -0.1) is 11.6 Å². The molecule has 1 heteroatoms. The van der Waals surface area contributed by atoms with E-state index in [0.717, 1.165) is 12.8 Å². The van der Waals surface area contributed by atoms with Gasteiger partial charge in [-0.05, 0) is 47.8 Å². The number of hydrogen-bond acceptors (Lipinski definition) is 0. The third-order valence-corrected chi connectivity index (χ3v) is 5.39. The summed E-state index contributed by atoms with van der Waals surface area (Å²) < 4.78 is 0. The minimum atomic E-state index is 0.182. The molecule has 1 aliphatic rings. The molecule has 0 nitrogen and oxygen atoms in total. The minimum absolute atomic E-state index is 0.182. The number of benzene rings is 1. The summed E-state index contributed by atoms with van der Waals surface area (Å²) in [6.45, 7) is 6.81. The average molecular weight is 265 g/mol. The van der Waals surface area contributed by atoms with Crippen LogP contribution in [0, 0.1) is 5.41 Å². The maximum atomic E-state index is 6.87. The molecular weight excluding hydrogens is 240 g/mol. The topological polar surface area (TPSA) is 0 Å². The highest BCUT2D eigenvalue weighted by molar-refractivity contribution is 6.21. The first-order valence-electron chi connectivity index (χ1n) is 7.36. The van der Waals surface area contributed by atoms with Gasteiger partial charge in [0.15, 0.2) is 0 Å². The van der Waals surface area contributed by atoms with Gasteiger partial charge in [-0.3, -0.25) is 0 Å². The van der Waals surface area contributed by atoms with Crippen LogP contribution in [0.25, 0.3) is 0 Å². The number of aryl methyl sites for hydroxylation is 2. The number of alkyl halides is 1. The zero-order chi connectivity index (χ0) is 13.2. The zero-order valence-electron chi connectivity index (χ0n) is 11.9. The molecule has 0 radical (unpaired) electrons. The van der Waals surface area contributed by atoms with E-state index in [1.807, 2.05) is 0 Å². The molecule has 1 aromatic rings. The Kier molecular flexibility index (Phi) is 4.37. The van der Waals surface area contributed by atoms with Gasteiger partial charge >= 0.3 is 0 Å². The van der Waals surface area contributed by atoms with Crippen molar-refractivity contribution in [3.63, 3.8) is 0 Å². The van der Waals surface area contributed by atoms with Crippen LogP contribution in [0.5, 0.6) is 0 Å². The molecule has 100 valence electrons. The fraction of sp³-hybridized carbons (Fsp3) is 0.647. The number of hydrogen-bond donors (Lipinski definition) is 0. The summed E-state index contributed by atoms with van der Waals surface area (Å²) in [7, 11) is 0. The van der Waals surface area contributed by atoms with Crippen LogP contribution in [0.15, 0.2) is 18.2 Å². The lowest BCUT2D eigenvalue weighted by Crippen LogP contribution is -2.19. The van der Waals surface area contributed by atoms with Crippen LogP contribution in [0.4, 0.5) is 0 Å². The standard InChI is InChI=1S/C17H25Cl/c1-4-13-8-9-14(5-2)15(12-13)16(18)17(3)10-6-7-11-17/h8-9,12,16H,4-7,10-11H2,1-3H3. The number of rotatable bonds is 4.